The number of benzene rings is 9. The summed E-state index contributed by atoms with van der Waals surface area (Å²) in [6, 6.07) is 78.9. The van der Waals surface area contributed by atoms with Crippen LogP contribution in [0.4, 0.5) is 17.1 Å². The lowest BCUT2D eigenvalue weighted by Gasteiger charge is -2.30. The van der Waals surface area contributed by atoms with Crippen LogP contribution in [0.15, 0.2) is 218 Å². The van der Waals surface area contributed by atoms with Gasteiger partial charge in [-0.05, 0) is 93.2 Å². The molecule has 0 fully saturated rings. The van der Waals surface area contributed by atoms with Crippen molar-refractivity contribution in [3.63, 3.8) is 0 Å². The van der Waals surface area contributed by atoms with E-state index in [1.165, 1.54) is 66.0 Å². The number of rotatable bonds is 7. The average molecular weight is 689 g/mol. The Morgan fingerprint density at radius 1 is 0.315 bits per heavy atom. The van der Waals surface area contributed by atoms with Crippen molar-refractivity contribution >= 4 is 49.6 Å². The maximum Gasteiger partial charge on any atom is 0.0702 e. The molecule has 9 aromatic carbocycles. The van der Waals surface area contributed by atoms with Crippen molar-refractivity contribution < 1.29 is 0 Å². The lowest BCUT2D eigenvalue weighted by molar-refractivity contribution is 1.15. The Bertz CT molecular complexity index is 2880. The average Bonchev–Trinajstić information content (AvgIpc) is 3.59. The van der Waals surface area contributed by atoms with Gasteiger partial charge in [-0.25, -0.2) is 0 Å². The molecule has 1 heterocycles. The molecule has 0 amide bonds. The molecule has 0 aliphatic rings. The molecular formula is C52H36N2. The summed E-state index contributed by atoms with van der Waals surface area (Å²) < 4.78 is 2.42. The zero-order valence-corrected chi connectivity index (χ0v) is 29.7. The Hall–Kier alpha value is -7.16. The SMILES string of the molecule is c1ccc(-c2ccccc2N(c2ccc(-c3cccc(-c4ccc5ccccc5c4)c3)cc2)c2ccccc2-n2c3ccccc3c3ccccc32)cc1. The summed E-state index contributed by atoms with van der Waals surface area (Å²) in [5.41, 5.74) is 13.9. The Labute approximate surface area is 315 Å². The van der Waals surface area contributed by atoms with Crippen LogP contribution in [0, 0.1) is 0 Å². The molecule has 1 aromatic heterocycles. The van der Waals surface area contributed by atoms with Gasteiger partial charge in [0.25, 0.3) is 0 Å². The van der Waals surface area contributed by atoms with Crippen LogP contribution < -0.4 is 4.90 Å². The Morgan fingerprint density at radius 2 is 0.852 bits per heavy atom. The first-order valence-corrected chi connectivity index (χ1v) is 18.5. The maximum absolute atomic E-state index is 2.43. The zero-order chi connectivity index (χ0) is 35.8. The van der Waals surface area contributed by atoms with Gasteiger partial charge in [0.15, 0.2) is 0 Å². The fraction of sp³-hybridized carbons (Fsp3) is 0. The smallest absolute Gasteiger partial charge is 0.0702 e. The maximum atomic E-state index is 2.43. The first-order chi connectivity index (χ1) is 26.8. The predicted octanol–water partition coefficient (Wildman–Crippen LogP) is 14.4. The summed E-state index contributed by atoms with van der Waals surface area (Å²) in [5.74, 6) is 0. The highest BCUT2D eigenvalue weighted by molar-refractivity contribution is 6.10. The van der Waals surface area contributed by atoms with E-state index in [1.54, 1.807) is 0 Å². The van der Waals surface area contributed by atoms with Crippen LogP contribution in [0.2, 0.25) is 0 Å². The van der Waals surface area contributed by atoms with Crippen LogP contribution in [0.1, 0.15) is 0 Å². The normalized spacial score (nSPS) is 11.3. The fourth-order valence-corrected chi connectivity index (χ4v) is 8.01. The molecule has 10 rings (SSSR count). The molecule has 254 valence electrons. The topological polar surface area (TPSA) is 8.17 Å². The van der Waals surface area contributed by atoms with Crippen molar-refractivity contribution in [1.29, 1.82) is 0 Å². The van der Waals surface area contributed by atoms with Gasteiger partial charge in [-0.15, -0.1) is 0 Å². The third kappa shape index (κ3) is 5.53. The summed E-state index contributed by atoms with van der Waals surface area (Å²) in [5, 5.41) is 5.00. The number of hydrogen-bond donors (Lipinski definition) is 0. The second-order valence-corrected chi connectivity index (χ2v) is 13.8. The first-order valence-electron chi connectivity index (χ1n) is 18.5. The summed E-state index contributed by atoms with van der Waals surface area (Å²) in [6.45, 7) is 0. The highest BCUT2D eigenvalue weighted by atomic mass is 15.2. The monoisotopic (exact) mass is 688 g/mol. The van der Waals surface area contributed by atoms with Gasteiger partial charge in [0, 0.05) is 22.0 Å². The van der Waals surface area contributed by atoms with Gasteiger partial charge in [-0.2, -0.15) is 0 Å². The van der Waals surface area contributed by atoms with E-state index in [9.17, 15) is 0 Å². The van der Waals surface area contributed by atoms with E-state index >= 15 is 0 Å². The number of para-hydroxylation sites is 5. The molecule has 0 unspecified atom stereocenters. The molecule has 0 saturated heterocycles. The molecule has 0 radical (unpaired) electrons. The van der Waals surface area contributed by atoms with E-state index in [4.69, 9.17) is 0 Å². The molecule has 54 heavy (non-hydrogen) atoms. The van der Waals surface area contributed by atoms with E-state index in [-0.39, 0.29) is 0 Å². The van der Waals surface area contributed by atoms with E-state index < -0.39 is 0 Å². The minimum absolute atomic E-state index is 1.08. The number of anilines is 3. The lowest BCUT2D eigenvalue weighted by atomic mass is 9.97. The molecule has 0 atom stereocenters. The minimum Gasteiger partial charge on any atom is -0.308 e. The van der Waals surface area contributed by atoms with Crippen molar-refractivity contribution in [2.45, 2.75) is 0 Å². The van der Waals surface area contributed by atoms with Crippen molar-refractivity contribution in [1.82, 2.24) is 4.57 Å². The Kier molecular flexibility index (Phi) is 7.85. The second kappa shape index (κ2) is 13.4. The molecular weight excluding hydrogens is 653 g/mol. The molecule has 0 spiro atoms. The number of nitrogens with zero attached hydrogens (tertiary/aromatic N) is 2. The number of fused-ring (bicyclic) bond motifs is 4. The second-order valence-electron chi connectivity index (χ2n) is 13.8. The lowest BCUT2D eigenvalue weighted by Crippen LogP contribution is -2.14. The number of aromatic nitrogens is 1. The van der Waals surface area contributed by atoms with Gasteiger partial charge >= 0.3 is 0 Å². The fourth-order valence-electron chi connectivity index (χ4n) is 8.01. The third-order valence-electron chi connectivity index (χ3n) is 10.6. The third-order valence-corrected chi connectivity index (χ3v) is 10.6. The van der Waals surface area contributed by atoms with Crippen molar-refractivity contribution in [2.75, 3.05) is 4.90 Å². The van der Waals surface area contributed by atoms with Crippen LogP contribution >= 0.6 is 0 Å². The molecule has 0 aliphatic carbocycles. The molecule has 0 saturated carbocycles. The van der Waals surface area contributed by atoms with Crippen LogP contribution in [0.3, 0.4) is 0 Å². The highest BCUT2D eigenvalue weighted by Gasteiger charge is 2.22. The highest BCUT2D eigenvalue weighted by Crippen LogP contribution is 2.45. The molecule has 2 heteroatoms. The van der Waals surface area contributed by atoms with Gasteiger partial charge in [0.2, 0.25) is 0 Å². The van der Waals surface area contributed by atoms with Gasteiger partial charge < -0.3 is 9.47 Å². The zero-order valence-electron chi connectivity index (χ0n) is 29.7. The summed E-state index contributed by atoms with van der Waals surface area (Å²) in [7, 11) is 0. The van der Waals surface area contributed by atoms with E-state index in [1.807, 2.05) is 0 Å². The molecule has 2 nitrogen and oxygen atoms in total. The molecule has 0 N–H and O–H groups in total. The van der Waals surface area contributed by atoms with Crippen molar-refractivity contribution in [2.24, 2.45) is 0 Å². The van der Waals surface area contributed by atoms with Crippen molar-refractivity contribution in [3.05, 3.63) is 218 Å². The van der Waals surface area contributed by atoms with E-state index in [0.717, 1.165) is 22.7 Å². The summed E-state index contributed by atoms with van der Waals surface area (Å²) >= 11 is 0. The molecule has 0 bridgehead atoms. The van der Waals surface area contributed by atoms with Gasteiger partial charge in [0.05, 0.1) is 28.1 Å². The van der Waals surface area contributed by atoms with Gasteiger partial charge in [0.1, 0.15) is 0 Å². The van der Waals surface area contributed by atoms with Crippen LogP contribution in [-0.4, -0.2) is 4.57 Å². The largest absolute Gasteiger partial charge is 0.308 e. The Balaban J connectivity index is 1.13. The van der Waals surface area contributed by atoms with Crippen LogP contribution in [0.25, 0.3) is 71.6 Å². The predicted molar refractivity (Wildman–Crippen MR) is 229 cm³/mol. The summed E-state index contributed by atoms with van der Waals surface area (Å²) in [4.78, 5) is 2.43. The quantitative estimate of drug-likeness (QED) is 0.162. The Morgan fingerprint density at radius 3 is 1.61 bits per heavy atom. The first kappa shape index (κ1) is 31.6. The van der Waals surface area contributed by atoms with Crippen LogP contribution in [0.5, 0.6) is 0 Å². The van der Waals surface area contributed by atoms with Gasteiger partial charge in [-0.3, -0.25) is 0 Å². The van der Waals surface area contributed by atoms with E-state index in [2.05, 4.69) is 228 Å². The van der Waals surface area contributed by atoms with E-state index in [0.29, 0.717) is 0 Å². The standard InChI is InChI=1S/C52H36N2/c1-2-16-39(17-3-1)45-21-6-9-24-48(45)53(51-27-12-13-28-52(51)54-49-25-10-7-22-46(49)47-23-8-11-26-50(47)54)44-33-31-38(32-34-44)41-19-14-20-42(35-41)43-30-29-37-15-4-5-18-40(37)36-43/h1-36H. The van der Waals surface area contributed by atoms with Crippen LogP contribution in [-0.2, 0) is 0 Å². The van der Waals surface area contributed by atoms with Crippen molar-refractivity contribution in [3.8, 4) is 39.1 Å². The summed E-state index contributed by atoms with van der Waals surface area (Å²) in [6.07, 6.45) is 0. The van der Waals surface area contributed by atoms with Gasteiger partial charge in [-0.1, -0.05) is 164 Å². The molecule has 10 aromatic rings. The number of hydrogen-bond acceptors (Lipinski definition) is 1. The molecule has 0 aliphatic heterocycles. The minimum atomic E-state index is 1.08.